The molecule has 1 saturated heterocycles. The molecule has 2 aromatic rings. The summed E-state index contributed by atoms with van der Waals surface area (Å²) in [4.78, 5) is 40.8. The lowest BCUT2D eigenvalue weighted by Crippen LogP contribution is -2.50. The highest BCUT2D eigenvalue weighted by molar-refractivity contribution is 5.98. The van der Waals surface area contributed by atoms with Crippen molar-refractivity contribution in [2.75, 3.05) is 26.2 Å². The summed E-state index contributed by atoms with van der Waals surface area (Å²) in [5.74, 6) is -0.0300. The first-order valence-corrected chi connectivity index (χ1v) is 9.82. The van der Waals surface area contributed by atoms with Gasteiger partial charge in [-0.05, 0) is 24.1 Å². The molecule has 1 aliphatic rings. The Morgan fingerprint density at radius 2 is 1.36 bits per heavy atom. The van der Waals surface area contributed by atoms with Crippen molar-refractivity contribution in [2.45, 2.75) is 26.2 Å². The molecule has 146 valence electrons. The second kappa shape index (κ2) is 9.31. The summed E-state index contributed by atoms with van der Waals surface area (Å²) in [6.07, 6.45) is 1.36. The number of nitrogens with zero attached hydrogens (tertiary/aromatic N) is 2. The summed E-state index contributed by atoms with van der Waals surface area (Å²) in [5.41, 5.74) is 2.51. The molecule has 1 heterocycles. The van der Waals surface area contributed by atoms with Gasteiger partial charge in [0.05, 0.1) is 0 Å². The summed E-state index contributed by atoms with van der Waals surface area (Å²) >= 11 is 0. The molecule has 0 spiro atoms. The molecule has 0 aromatic heterocycles. The number of hydrogen-bond donors (Lipinski definition) is 0. The van der Waals surface area contributed by atoms with Crippen LogP contribution in [-0.2, 0) is 11.2 Å². The van der Waals surface area contributed by atoms with Crippen LogP contribution in [-0.4, -0.2) is 53.6 Å². The predicted octanol–water partition coefficient (Wildman–Crippen LogP) is 3.20. The molecule has 0 aliphatic carbocycles. The van der Waals surface area contributed by atoms with Crippen LogP contribution in [0.15, 0.2) is 54.6 Å². The number of aryl methyl sites for hydroxylation is 1. The van der Waals surface area contributed by atoms with E-state index in [1.807, 2.05) is 42.5 Å². The Balaban J connectivity index is 1.46. The third-order valence-corrected chi connectivity index (χ3v) is 5.19. The first-order chi connectivity index (χ1) is 13.6. The highest BCUT2D eigenvalue weighted by Crippen LogP contribution is 2.12. The average molecular weight is 378 g/mol. The van der Waals surface area contributed by atoms with Gasteiger partial charge >= 0.3 is 0 Å². The Kier molecular flexibility index (Phi) is 6.58. The van der Waals surface area contributed by atoms with Crippen LogP contribution >= 0.6 is 0 Å². The summed E-state index contributed by atoms with van der Waals surface area (Å²) in [6, 6.07) is 16.8. The molecule has 0 saturated carbocycles. The van der Waals surface area contributed by atoms with Gasteiger partial charge in [0.1, 0.15) is 0 Å². The summed E-state index contributed by atoms with van der Waals surface area (Å²) in [7, 11) is 0. The van der Waals surface area contributed by atoms with Crippen LogP contribution in [0.4, 0.5) is 0 Å². The quantitative estimate of drug-likeness (QED) is 0.726. The number of ketones is 1. The van der Waals surface area contributed by atoms with Crippen molar-refractivity contribution in [1.82, 2.24) is 9.80 Å². The number of piperazine rings is 1. The van der Waals surface area contributed by atoms with Gasteiger partial charge in [-0.2, -0.15) is 0 Å². The number of rotatable bonds is 6. The Morgan fingerprint density at radius 3 is 1.96 bits per heavy atom. The molecule has 0 N–H and O–H groups in total. The monoisotopic (exact) mass is 378 g/mol. The Morgan fingerprint density at radius 1 is 0.750 bits per heavy atom. The van der Waals surface area contributed by atoms with Crippen molar-refractivity contribution >= 4 is 17.6 Å². The maximum absolute atomic E-state index is 12.5. The zero-order valence-electron chi connectivity index (χ0n) is 16.3. The largest absolute Gasteiger partial charge is 0.339 e. The smallest absolute Gasteiger partial charge is 0.253 e. The highest BCUT2D eigenvalue weighted by Gasteiger charge is 2.25. The van der Waals surface area contributed by atoms with Crippen LogP contribution in [0.5, 0.6) is 0 Å². The van der Waals surface area contributed by atoms with E-state index in [4.69, 9.17) is 0 Å². The van der Waals surface area contributed by atoms with Crippen LogP contribution in [0.2, 0.25) is 0 Å². The van der Waals surface area contributed by atoms with Crippen molar-refractivity contribution in [3.63, 3.8) is 0 Å². The highest BCUT2D eigenvalue weighted by atomic mass is 16.2. The normalized spacial score (nSPS) is 14.0. The first-order valence-electron chi connectivity index (χ1n) is 9.82. The van der Waals surface area contributed by atoms with Gasteiger partial charge in [0.25, 0.3) is 5.91 Å². The van der Waals surface area contributed by atoms with Crippen LogP contribution in [0, 0.1) is 0 Å². The number of hydrogen-bond acceptors (Lipinski definition) is 3. The molecule has 2 amide bonds. The fourth-order valence-corrected chi connectivity index (χ4v) is 3.37. The zero-order chi connectivity index (χ0) is 19.9. The van der Waals surface area contributed by atoms with E-state index >= 15 is 0 Å². The van der Waals surface area contributed by atoms with Crippen LogP contribution < -0.4 is 0 Å². The molecule has 0 radical (unpaired) electrons. The fourth-order valence-electron chi connectivity index (χ4n) is 3.37. The van der Waals surface area contributed by atoms with Gasteiger partial charge in [-0.3, -0.25) is 14.4 Å². The molecule has 28 heavy (non-hydrogen) atoms. The second-order valence-corrected chi connectivity index (χ2v) is 7.01. The Labute approximate surface area is 166 Å². The maximum Gasteiger partial charge on any atom is 0.253 e. The van der Waals surface area contributed by atoms with E-state index in [9.17, 15) is 14.4 Å². The first kappa shape index (κ1) is 19.8. The lowest BCUT2D eigenvalue weighted by Gasteiger charge is -2.34. The van der Waals surface area contributed by atoms with Gasteiger partial charge < -0.3 is 9.80 Å². The number of carbonyl (C=O) groups is 3. The van der Waals surface area contributed by atoms with E-state index in [0.717, 1.165) is 6.42 Å². The molecule has 0 bridgehead atoms. The van der Waals surface area contributed by atoms with Gasteiger partial charge in [-0.15, -0.1) is 0 Å². The van der Waals surface area contributed by atoms with E-state index in [2.05, 4.69) is 6.92 Å². The number of amides is 2. The Bertz CT molecular complexity index is 823. The molecular formula is C23H26N2O3. The second-order valence-electron chi connectivity index (χ2n) is 7.01. The summed E-state index contributed by atoms with van der Waals surface area (Å²) in [5, 5.41) is 0. The van der Waals surface area contributed by atoms with E-state index < -0.39 is 0 Å². The van der Waals surface area contributed by atoms with Crippen LogP contribution in [0.3, 0.4) is 0 Å². The van der Waals surface area contributed by atoms with E-state index in [-0.39, 0.29) is 30.4 Å². The minimum absolute atomic E-state index is 0.00148. The minimum atomic E-state index is -0.0228. The van der Waals surface area contributed by atoms with Gasteiger partial charge in [-0.1, -0.05) is 49.4 Å². The topological polar surface area (TPSA) is 57.7 Å². The molecule has 3 rings (SSSR count). The molecular weight excluding hydrogens is 352 g/mol. The average Bonchev–Trinajstić information content (AvgIpc) is 2.77. The predicted molar refractivity (Wildman–Crippen MR) is 108 cm³/mol. The molecule has 5 heteroatoms. The third-order valence-electron chi connectivity index (χ3n) is 5.19. The van der Waals surface area contributed by atoms with E-state index in [0.29, 0.717) is 37.3 Å². The van der Waals surface area contributed by atoms with Gasteiger partial charge in [0, 0.05) is 50.1 Å². The summed E-state index contributed by atoms with van der Waals surface area (Å²) in [6.45, 7) is 4.13. The summed E-state index contributed by atoms with van der Waals surface area (Å²) < 4.78 is 0. The fraction of sp³-hybridized carbons (Fsp3) is 0.348. The molecule has 1 aliphatic heterocycles. The van der Waals surface area contributed by atoms with Gasteiger partial charge in [0.15, 0.2) is 5.78 Å². The van der Waals surface area contributed by atoms with Gasteiger partial charge in [-0.25, -0.2) is 0 Å². The number of carbonyl (C=O) groups excluding carboxylic acids is 3. The van der Waals surface area contributed by atoms with E-state index in [1.54, 1.807) is 21.9 Å². The minimum Gasteiger partial charge on any atom is -0.339 e. The molecule has 2 aromatic carbocycles. The van der Waals surface area contributed by atoms with Crippen molar-refractivity contribution < 1.29 is 14.4 Å². The lowest BCUT2D eigenvalue weighted by atomic mass is 10.0. The molecule has 0 atom stereocenters. The Hall–Kier alpha value is -2.95. The molecule has 0 unspecified atom stereocenters. The van der Waals surface area contributed by atoms with Crippen LogP contribution in [0.1, 0.15) is 46.0 Å². The molecule has 5 nitrogen and oxygen atoms in total. The van der Waals surface area contributed by atoms with Gasteiger partial charge in [0.2, 0.25) is 5.91 Å². The lowest BCUT2D eigenvalue weighted by molar-refractivity contribution is -0.132. The van der Waals surface area contributed by atoms with Crippen molar-refractivity contribution in [3.05, 3.63) is 71.3 Å². The maximum atomic E-state index is 12.5. The number of benzene rings is 2. The third kappa shape index (κ3) is 4.85. The standard InChI is InChI=1S/C23H26N2O3/c1-2-18-8-10-19(11-9-18)21(26)12-13-22(27)24-14-16-25(17-15-24)23(28)20-6-4-3-5-7-20/h3-11H,2,12-17H2,1H3. The number of Topliss-reactive ketones (excluding diaryl/α,β-unsaturated/α-hetero) is 1. The van der Waals surface area contributed by atoms with Crippen molar-refractivity contribution in [3.8, 4) is 0 Å². The zero-order valence-corrected chi connectivity index (χ0v) is 16.3. The van der Waals surface area contributed by atoms with Crippen molar-refractivity contribution in [2.24, 2.45) is 0 Å². The molecule has 1 fully saturated rings. The van der Waals surface area contributed by atoms with E-state index in [1.165, 1.54) is 5.56 Å². The SMILES string of the molecule is CCc1ccc(C(=O)CCC(=O)N2CCN(C(=O)c3ccccc3)CC2)cc1. The van der Waals surface area contributed by atoms with Crippen molar-refractivity contribution in [1.29, 1.82) is 0 Å². The van der Waals surface area contributed by atoms with Crippen LogP contribution in [0.25, 0.3) is 0 Å².